The van der Waals surface area contributed by atoms with Crippen molar-refractivity contribution in [3.05, 3.63) is 0 Å². The second-order valence-electron chi connectivity index (χ2n) is 4.49. The summed E-state index contributed by atoms with van der Waals surface area (Å²) in [6.07, 6.45) is -4.64. The number of aliphatic hydroxyl groups excluding tert-OH is 1. The van der Waals surface area contributed by atoms with Gasteiger partial charge in [0.2, 0.25) is 0 Å². The fourth-order valence-corrected chi connectivity index (χ4v) is 1.98. The molecule has 1 aliphatic rings. The molecule has 2 unspecified atom stereocenters. The van der Waals surface area contributed by atoms with Crippen LogP contribution in [0, 0.1) is 5.92 Å². The Hall–Kier alpha value is -0.330. The van der Waals surface area contributed by atoms with Crippen LogP contribution < -0.4 is 5.32 Å². The molecular weight excluding hydrogens is 221 g/mol. The Morgan fingerprint density at radius 2 is 2.19 bits per heavy atom. The second kappa shape index (κ2) is 5.84. The lowest BCUT2D eigenvalue weighted by atomic mass is 9.98. The first kappa shape index (κ1) is 13.7. The minimum absolute atomic E-state index is 0.388. The van der Waals surface area contributed by atoms with Gasteiger partial charge in [-0.1, -0.05) is 0 Å². The monoisotopic (exact) mass is 240 g/mol. The van der Waals surface area contributed by atoms with Gasteiger partial charge in [-0.25, -0.2) is 0 Å². The van der Waals surface area contributed by atoms with Crippen LogP contribution in [0.3, 0.4) is 0 Å². The largest absolute Gasteiger partial charge is 0.415 e. The molecule has 2 N–H and O–H groups in total. The molecule has 1 rings (SSSR count). The van der Waals surface area contributed by atoms with Crippen molar-refractivity contribution in [1.29, 1.82) is 0 Å². The van der Waals surface area contributed by atoms with Gasteiger partial charge in [-0.05, 0) is 38.9 Å². The highest BCUT2D eigenvalue weighted by Gasteiger charge is 2.37. The number of hydrogen-bond donors (Lipinski definition) is 2. The molecular formula is C10H19F3N2O. The highest BCUT2D eigenvalue weighted by molar-refractivity contribution is 4.74. The van der Waals surface area contributed by atoms with E-state index in [0.717, 1.165) is 25.9 Å². The average molecular weight is 240 g/mol. The fourth-order valence-electron chi connectivity index (χ4n) is 1.98. The number of nitrogens with one attached hydrogen (secondary N) is 1. The SMILES string of the molecule is CN1CCCC(CNCC(O)C(F)(F)F)C1. The van der Waals surface area contributed by atoms with E-state index in [1.165, 1.54) is 0 Å². The zero-order valence-corrected chi connectivity index (χ0v) is 9.43. The zero-order chi connectivity index (χ0) is 12.2. The van der Waals surface area contributed by atoms with Crippen molar-refractivity contribution in [3.8, 4) is 0 Å². The molecule has 1 aliphatic heterocycles. The highest BCUT2D eigenvalue weighted by Crippen LogP contribution is 2.19. The Balaban J connectivity index is 2.15. The molecule has 96 valence electrons. The molecule has 0 saturated carbocycles. The van der Waals surface area contributed by atoms with Crippen LogP contribution in [0.5, 0.6) is 0 Å². The highest BCUT2D eigenvalue weighted by atomic mass is 19.4. The molecule has 1 saturated heterocycles. The third kappa shape index (κ3) is 4.67. The van der Waals surface area contributed by atoms with Gasteiger partial charge < -0.3 is 15.3 Å². The number of aliphatic hydroxyl groups is 1. The summed E-state index contributed by atoms with van der Waals surface area (Å²) >= 11 is 0. The smallest absolute Gasteiger partial charge is 0.382 e. The maximum absolute atomic E-state index is 12.0. The molecule has 0 spiro atoms. The van der Waals surface area contributed by atoms with Crippen molar-refractivity contribution in [2.24, 2.45) is 5.92 Å². The molecule has 0 aliphatic carbocycles. The molecule has 0 aromatic carbocycles. The third-order valence-corrected chi connectivity index (χ3v) is 2.87. The number of halogens is 3. The number of piperidine rings is 1. The van der Waals surface area contributed by atoms with Crippen molar-refractivity contribution in [2.45, 2.75) is 25.1 Å². The van der Waals surface area contributed by atoms with E-state index in [4.69, 9.17) is 5.11 Å². The van der Waals surface area contributed by atoms with Crippen LogP contribution in [-0.4, -0.2) is 55.5 Å². The summed E-state index contributed by atoms with van der Waals surface area (Å²) in [6.45, 7) is 2.10. The number of nitrogens with zero attached hydrogens (tertiary/aromatic N) is 1. The summed E-state index contributed by atoms with van der Waals surface area (Å²) < 4.78 is 35.9. The maximum atomic E-state index is 12.0. The quantitative estimate of drug-likeness (QED) is 0.764. The summed E-state index contributed by atoms with van der Waals surface area (Å²) in [7, 11) is 2.01. The Kier molecular flexibility index (Phi) is 5.01. The van der Waals surface area contributed by atoms with Crippen LogP contribution in [0.4, 0.5) is 13.2 Å². The minimum Gasteiger partial charge on any atom is -0.382 e. The van der Waals surface area contributed by atoms with Gasteiger partial charge in [-0.3, -0.25) is 0 Å². The first-order chi connectivity index (χ1) is 7.39. The standard InChI is InChI=1S/C10H19F3N2O/c1-15-4-2-3-8(7-15)5-14-6-9(16)10(11,12)13/h8-9,14,16H,2-7H2,1H3. The van der Waals surface area contributed by atoms with Crippen LogP contribution >= 0.6 is 0 Å². The van der Waals surface area contributed by atoms with Gasteiger partial charge in [0.25, 0.3) is 0 Å². The van der Waals surface area contributed by atoms with E-state index in [2.05, 4.69) is 10.2 Å². The molecule has 6 heteroatoms. The molecule has 0 radical (unpaired) electrons. The van der Waals surface area contributed by atoms with Gasteiger partial charge in [0.05, 0.1) is 0 Å². The predicted molar refractivity (Wildman–Crippen MR) is 55.2 cm³/mol. The fraction of sp³-hybridized carbons (Fsp3) is 1.00. The number of rotatable bonds is 4. The lowest BCUT2D eigenvalue weighted by molar-refractivity contribution is -0.201. The topological polar surface area (TPSA) is 35.5 Å². The van der Waals surface area contributed by atoms with Crippen molar-refractivity contribution < 1.29 is 18.3 Å². The third-order valence-electron chi connectivity index (χ3n) is 2.87. The van der Waals surface area contributed by atoms with E-state index in [-0.39, 0.29) is 0 Å². The Bertz CT molecular complexity index is 211. The van der Waals surface area contributed by atoms with Crippen LogP contribution in [0.1, 0.15) is 12.8 Å². The molecule has 0 amide bonds. The minimum atomic E-state index is -4.52. The van der Waals surface area contributed by atoms with E-state index in [1.807, 2.05) is 7.05 Å². The zero-order valence-electron chi connectivity index (χ0n) is 9.43. The molecule has 0 bridgehead atoms. The molecule has 0 aromatic heterocycles. The van der Waals surface area contributed by atoms with Crippen LogP contribution in [-0.2, 0) is 0 Å². The molecule has 2 atom stereocenters. The van der Waals surface area contributed by atoms with Gasteiger partial charge in [-0.15, -0.1) is 0 Å². The number of likely N-dealkylation sites (tertiary alicyclic amines) is 1. The van der Waals surface area contributed by atoms with Gasteiger partial charge in [0, 0.05) is 13.1 Å². The summed E-state index contributed by atoms with van der Waals surface area (Å²) in [5.41, 5.74) is 0. The van der Waals surface area contributed by atoms with Crippen LogP contribution in [0.2, 0.25) is 0 Å². The summed E-state index contributed by atoms with van der Waals surface area (Å²) in [5.74, 6) is 0.388. The lowest BCUT2D eigenvalue weighted by Gasteiger charge is -2.30. The van der Waals surface area contributed by atoms with Gasteiger partial charge >= 0.3 is 6.18 Å². The molecule has 0 aromatic rings. The normalized spacial score (nSPS) is 25.7. The molecule has 1 fully saturated rings. The molecule has 1 heterocycles. The first-order valence-corrected chi connectivity index (χ1v) is 5.53. The average Bonchev–Trinajstić information content (AvgIpc) is 2.16. The Morgan fingerprint density at radius 1 is 1.50 bits per heavy atom. The Morgan fingerprint density at radius 3 is 2.75 bits per heavy atom. The van der Waals surface area contributed by atoms with Crippen LogP contribution in [0.15, 0.2) is 0 Å². The maximum Gasteiger partial charge on any atom is 0.415 e. The van der Waals surface area contributed by atoms with Crippen molar-refractivity contribution in [1.82, 2.24) is 10.2 Å². The number of hydrogen-bond acceptors (Lipinski definition) is 3. The van der Waals surface area contributed by atoms with E-state index in [0.29, 0.717) is 12.5 Å². The molecule has 16 heavy (non-hydrogen) atoms. The predicted octanol–water partition coefficient (Wildman–Crippen LogP) is 0.841. The van der Waals surface area contributed by atoms with Crippen LogP contribution in [0.25, 0.3) is 0 Å². The van der Waals surface area contributed by atoms with Crippen molar-refractivity contribution >= 4 is 0 Å². The summed E-state index contributed by atoms with van der Waals surface area (Å²) in [4.78, 5) is 2.18. The lowest BCUT2D eigenvalue weighted by Crippen LogP contribution is -2.42. The van der Waals surface area contributed by atoms with Gasteiger partial charge in [-0.2, -0.15) is 13.2 Å². The van der Waals surface area contributed by atoms with Crippen molar-refractivity contribution in [3.63, 3.8) is 0 Å². The van der Waals surface area contributed by atoms with Gasteiger partial charge in [0.15, 0.2) is 6.10 Å². The summed E-state index contributed by atoms with van der Waals surface area (Å²) in [6, 6.07) is 0. The van der Waals surface area contributed by atoms with E-state index in [1.54, 1.807) is 0 Å². The second-order valence-corrected chi connectivity index (χ2v) is 4.49. The Labute approximate surface area is 93.6 Å². The van der Waals surface area contributed by atoms with Crippen molar-refractivity contribution in [2.75, 3.05) is 33.2 Å². The number of alkyl halides is 3. The molecule has 3 nitrogen and oxygen atoms in total. The van der Waals surface area contributed by atoms with E-state index in [9.17, 15) is 13.2 Å². The first-order valence-electron chi connectivity index (χ1n) is 5.53. The van der Waals surface area contributed by atoms with E-state index < -0.39 is 18.8 Å². The van der Waals surface area contributed by atoms with Gasteiger partial charge in [0.1, 0.15) is 0 Å². The summed E-state index contributed by atoms with van der Waals surface area (Å²) in [5, 5.41) is 11.5. The van der Waals surface area contributed by atoms with E-state index >= 15 is 0 Å².